The molecule has 0 N–H and O–H groups in total. The van der Waals surface area contributed by atoms with Crippen LogP contribution in [0.3, 0.4) is 0 Å². The molecule has 0 bridgehead atoms. The van der Waals surface area contributed by atoms with E-state index in [-0.39, 0.29) is 11.9 Å². The second-order valence-corrected chi connectivity index (χ2v) is 9.75. The van der Waals surface area contributed by atoms with Crippen LogP contribution in [0, 0.1) is 0 Å². The normalized spacial score (nSPS) is 23.9. The van der Waals surface area contributed by atoms with E-state index in [2.05, 4.69) is 4.90 Å². The lowest BCUT2D eigenvalue weighted by Crippen LogP contribution is -2.58. The molecule has 3 saturated heterocycles. The molecule has 0 aliphatic carbocycles. The van der Waals surface area contributed by atoms with Gasteiger partial charge in [0.2, 0.25) is 0 Å². The maximum absolute atomic E-state index is 13.7. The topological polar surface area (TPSA) is 62.3 Å². The molecule has 0 saturated carbocycles. The minimum Gasteiger partial charge on any atom is -0.497 e. The molecule has 0 radical (unpaired) electrons. The van der Waals surface area contributed by atoms with Gasteiger partial charge in [0.1, 0.15) is 11.3 Å². The Labute approximate surface area is 189 Å². The van der Waals surface area contributed by atoms with Gasteiger partial charge < -0.3 is 14.4 Å². The summed E-state index contributed by atoms with van der Waals surface area (Å²) in [7, 11) is 3.29. The maximum atomic E-state index is 13.7. The summed E-state index contributed by atoms with van der Waals surface area (Å²) < 4.78 is 10.4. The third kappa shape index (κ3) is 4.43. The first-order valence-electron chi connectivity index (χ1n) is 11.2. The highest BCUT2D eigenvalue weighted by Crippen LogP contribution is 2.39. The number of carbonyl (C=O) groups excluding carboxylic acids is 2. The fraction of sp³-hybridized carbons (Fsp3) is 0.652. The van der Waals surface area contributed by atoms with Crippen molar-refractivity contribution in [2.24, 2.45) is 0 Å². The standard InChI is InChI=1S/C23H33N3O4S/c1-29-14-3-11-26-22(28)25(16-18-4-6-20(30-2)7-5-18)21(27)23(26)9-12-24(13-10-23)19-8-15-31-17-19/h4-7,19H,3,8-17H2,1-2H3. The van der Waals surface area contributed by atoms with E-state index in [4.69, 9.17) is 9.47 Å². The van der Waals surface area contributed by atoms with Crippen molar-refractivity contribution in [2.75, 3.05) is 52.0 Å². The van der Waals surface area contributed by atoms with Gasteiger partial charge in [-0.1, -0.05) is 12.1 Å². The molecular formula is C23H33N3O4S. The van der Waals surface area contributed by atoms with Crippen LogP contribution in [0.1, 0.15) is 31.2 Å². The highest BCUT2D eigenvalue weighted by atomic mass is 32.2. The highest BCUT2D eigenvalue weighted by molar-refractivity contribution is 7.99. The Kier molecular flexibility index (Phi) is 7.08. The molecular weight excluding hydrogens is 414 g/mol. The van der Waals surface area contributed by atoms with E-state index in [9.17, 15) is 9.59 Å². The van der Waals surface area contributed by atoms with Gasteiger partial charge in [-0.3, -0.25) is 14.6 Å². The van der Waals surface area contributed by atoms with Crippen molar-refractivity contribution >= 4 is 23.7 Å². The molecule has 3 aliphatic rings. The number of urea groups is 1. The van der Waals surface area contributed by atoms with Gasteiger partial charge in [-0.05, 0) is 49.1 Å². The highest BCUT2D eigenvalue weighted by Gasteiger charge is 2.57. The first-order valence-corrected chi connectivity index (χ1v) is 12.3. The quantitative estimate of drug-likeness (QED) is 0.451. The van der Waals surface area contributed by atoms with Gasteiger partial charge in [0, 0.05) is 45.1 Å². The number of nitrogens with zero attached hydrogens (tertiary/aromatic N) is 3. The number of imide groups is 1. The monoisotopic (exact) mass is 447 g/mol. The Hall–Kier alpha value is -1.77. The van der Waals surface area contributed by atoms with Crippen LogP contribution in [-0.4, -0.2) is 90.2 Å². The molecule has 0 aromatic heterocycles. The van der Waals surface area contributed by atoms with E-state index >= 15 is 0 Å². The van der Waals surface area contributed by atoms with Crippen molar-refractivity contribution in [2.45, 2.75) is 43.8 Å². The molecule has 3 aliphatic heterocycles. The number of hydrogen-bond acceptors (Lipinski definition) is 6. The smallest absolute Gasteiger partial charge is 0.327 e. The van der Waals surface area contributed by atoms with Crippen LogP contribution < -0.4 is 4.74 Å². The molecule has 3 fully saturated rings. The molecule has 1 aromatic rings. The largest absolute Gasteiger partial charge is 0.497 e. The Bertz CT molecular complexity index is 774. The van der Waals surface area contributed by atoms with Gasteiger partial charge in [0.25, 0.3) is 5.91 Å². The Morgan fingerprint density at radius 1 is 1.13 bits per heavy atom. The summed E-state index contributed by atoms with van der Waals surface area (Å²) in [5.74, 6) is 3.13. The number of ether oxygens (including phenoxy) is 2. The van der Waals surface area contributed by atoms with Crippen LogP contribution in [0.25, 0.3) is 0 Å². The van der Waals surface area contributed by atoms with Crippen LogP contribution >= 0.6 is 11.8 Å². The average molecular weight is 448 g/mol. The van der Waals surface area contributed by atoms with Crippen molar-refractivity contribution < 1.29 is 19.1 Å². The lowest BCUT2D eigenvalue weighted by Gasteiger charge is -2.44. The summed E-state index contributed by atoms with van der Waals surface area (Å²) in [6, 6.07) is 8.02. The van der Waals surface area contributed by atoms with E-state index in [0.717, 1.165) is 30.8 Å². The zero-order valence-electron chi connectivity index (χ0n) is 18.5. The predicted octanol–water partition coefficient (Wildman–Crippen LogP) is 2.84. The van der Waals surface area contributed by atoms with Crippen LogP contribution in [0.2, 0.25) is 0 Å². The van der Waals surface area contributed by atoms with Crippen molar-refractivity contribution in [1.29, 1.82) is 0 Å². The van der Waals surface area contributed by atoms with Gasteiger partial charge in [-0.2, -0.15) is 11.8 Å². The van der Waals surface area contributed by atoms with Gasteiger partial charge in [-0.25, -0.2) is 4.79 Å². The molecule has 1 aromatic carbocycles. The molecule has 1 atom stereocenters. The molecule has 170 valence electrons. The zero-order valence-corrected chi connectivity index (χ0v) is 19.4. The van der Waals surface area contributed by atoms with E-state index < -0.39 is 5.54 Å². The Morgan fingerprint density at radius 3 is 2.48 bits per heavy atom. The maximum Gasteiger partial charge on any atom is 0.327 e. The fourth-order valence-corrected chi connectivity index (χ4v) is 6.32. The number of carbonyl (C=O) groups is 2. The number of amides is 3. The molecule has 8 heteroatoms. The third-order valence-electron chi connectivity index (χ3n) is 6.90. The van der Waals surface area contributed by atoms with Crippen molar-refractivity contribution in [1.82, 2.24) is 14.7 Å². The number of rotatable bonds is 8. The summed E-state index contributed by atoms with van der Waals surface area (Å²) in [4.78, 5) is 32.9. The molecule has 7 nitrogen and oxygen atoms in total. The van der Waals surface area contributed by atoms with Crippen molar-refractivity contribution in [3.8, 4) is 5.75 Å². The number of piperidine rings is 1. The van der Waals surface area contributed by atoms with Gasteiger partial charge >= 0.3 is 6.03 Å². The SMILES string of the molecule is COCCCN1C(=O)N(Cc2ccc(OC)cc2)C(=O)C12CCN(C1CCSC1)CC2. The molecule has 3 amide bonds. The lowest BCUT2D eigenvalue weighted by molar-refractivity contribution is -0.136. The number of benzene rings is 1. The van der Waals surface area contributed by atoms with Crippen LogP contribution in [-0.2, 0) is 16.1 Å². The summed E-state index contributed by atoms with van der Waals surface area (Å²) in [5.41, 5.74) is 0.219. The lowest BCUT2D eigenvalue weighted by atomic mass is 9.85. The molecule has 31 heavy (non-hydrogen) atoms. The summed E-state index contributed by atoms with van der Waals surface area (Å²) in [6.07, 6.45) is 3.39. The Balaban J connectivity index is 1.51. The molecule has 1 unspecified atom stereocenters. The van der Waals surface area contributed by atoms with Crippen LogP contribution in [0.15, 0.2) is 24.3 Å². The number of hydrogen-bond donors (Lipinski definition) is 0. The third-order valence-corrected chi connectivity index (χ3v) is 8.04. The van der Waals surface area contributed by atoms with E-state index in [1.54, 1.807) is 14.2 Å². The molecule has 3 heterocycles. The van der Waals surface area contributed by atoms with E-state index in [1.165, 1.54) is 22.8 Å². The molecule has 1 spiro atoms. The minimum atomic E-state index is -0.709. The number of methoxy groups -OCH3 is 2. The number of thioether (sulfide) groups is 1. The summed E-state index contributed by atoms with van der Waals surface area (Å²) in [5, 5.41) is 0. The fourth-order valence-electron chi connectivity index (χ4n) is 5.06. The molecule has 4 rings (SSSR count). The van der Waals surface area contributed by atoms with Crippen molar-refractivity contribution in [3.63, 3.8) is 0 Å². The second kappa shape index (κ2) is 9.79. The van der Waals surface area contributed by atoms with Crippen LogP contribution in [0.4, 0.5) is 4.79 Å². The van der Waals surface area contributed by atoms with Gasteiger partial charge in [0.05, 0.1) is 13.7 Å². The minimum absolute atomic E-state index is 0.0359. The number of likely N-dealkylation sites (tertiary alicyclic amines) is 1. The van der Waals surface area contributed by atoms with Gasteiger partial charge in [0.15, 0.2) is 0 Å². The summed E-state index contributed by atoms with van der Waals surface area (Å²) >= 11 is 2.01. The Morgan fingerprint density at radius 2 is 1.87 bits per heavy atom. The van der Waals surface area contributed by atoms with Crippen LogP contribution in [0.5, 0.6) is 5.75 Å². The first-order chi connectivity index (χ1) is 15.1. The first kappa shape index (κ1) is 22.4. The zero-order chi connectivity index (χ0) is 21.8. The van der Waals surface area contributed by atoms with Crippen molar-refractivity contribution in [3.05, 3.63) is 29.8 Å². The predicted molar refractivity (Wildman–Crippen MR) is 121 cm³/mol. The average Bonchev–Trinajstić information content (AvgIpc) is 3.40. The summed E-state index contributed by atoms with van der Waals surface area (Å²) in [6.45, 7) is 3.19. The second-order valence-electron chi connectivity index (χ2n) is 8.60. The van der Waals surface area contributed by atoms with E-state index in [0.29, 0.717) is 38.6 Å². The van der Waals surface area contributed by atoms with E-state index in [1.807, 2.05) is 40.9 Å². The van der Waals surface area contributed by atoms with Gasteiger partial charge in [-0.15, -0.1) is 0 Å².